The number of amides is 2. The highest BCUT2D eigenvalue weighted by Crippen LogP contribution is 2.30. The van der Waals surface area contributed by atoms with E-state index in [-0.39, 0.29) is 42.1 Å². The van der Waals surface area contributed by atoms with Gasteiger partial charge in [-0.15, -0.1) is 0 Å². The van der Waals surface area contributed by atoms with Gasteiger partial charge in [-0.05, 0) is 60.4 Å². The zero-order chi connectivity index (χ0) is 31.9. The number of morpholine rings is 1. The quantitative estimate of drug-likeness (QED) is 0.225. The maximum absolute atomic E-state index is 14.9. The van der Waals surface area contributed by atoms with Crippen molar-refractivity contribution in [2.24, 2.45) is 0 Å². The smallest absolute Gasteiger partial charge is 0.407 e. The van der Waals surface area contributed by atoms with E-state index in [1.54, 1.807) is 30.3 Å². The van der Waals surface area contributed by atoms with Crippen molar-refractivity contribution in [1.29, 1.82) is 0 Å². The number of hydrogen-bond donors (Lipinski definition) is 3. The summed E-state index contributed by atoms with van der Waals surface area (Å²) in [5, 5.41) is 14.8. The zero-order valence-electron chi connectivity index (χ0n) is 23.4. The summed E-state index contributed by atoms with van der Waals surface area (Å²) < 4.78 is 85.8. The molecule has 2 atom stereocenters. The average molecular weight is 624 g/mol. The molecule has 1 fully saturated rings. The van der Waals surface area contributed by atoms with Gasteiger partial charge in [-0.1, -0.05) is 30.3 Å². The molecule has 0 spiro atoms. The zero-order valence-corrected chi connectivity index (χ0v) is 23.4. The number of halogens is 6. The predicted octanol–water partition coefficient (Wildman–Crippen LogP) is 6.10. The summed E-state index contributed by atoms with van der Waals surface area (Å²) in [4.78, 5) is 24.7. The lowest BCUT2D eigenvalue weighted by molar-refractivity contribution is -0.143. The van der Waals surface area contributed by atoms with Crippen LogP contribution in [0.3, 0.4) is 0 Å². The minimum atomic E-state index is -4.67. The number of nitrogens with one attached hydrogen (secondary N) is 2. The van der Waals surface area contributed by atoms with Gasteiger partial charge in [0.15, 0.2) is 0 Å². The van der Waals surface area contributed by atoms with Crippen LogP contribution in [-0.4, -0.2) is 66.6 Å². The molecule has 1 heterocycles. The number of rotatable bonds is 11. The van der Waals surface area contributed by atoms with Gasteiger partial charge in [-0.25, -0.2) is 18.0 Å². The van der Waals surface area contributed by atoms with E-state index in [4.69, 9.17) is 9.84 Å². The lowest BCUT2D eigenvalue weighted by Crippen LogP contribution is -2.53. The van der Waals surface area contributed by atoms with Gasteiger partial charge in [0.05, 0.1) is 12.7 Å². The van der Waals surface area contributed by atoms with Gasteiger partial charge in [0, 0.05) is 42.7 Å². The second-order valence-electron chi connectivity index (χ2n) is 10.6. The molecule has 0 bridgehead atoms. The van der Waals surface area contributed by atoms with Crippen molar-refractivity contribution in [2.45, 2.75) is 43.5 Å². The number of ether oxygens (including phenoxy) is 1. The molecule has 1 aliphatic heterocycles. The SMILES string of the molecule is O=C(CC(c1ccc(F)cc1)c1ccc(F)cc1)Nc1cccc(F)c1CC[C@@H]1CN[C@H](CN(CC(F)(F)F)C(=O)O)CO1. The maximum Gasteiger partial charge on any atom is 0.407 e. The van der Waals surface area contributed by atoms with Crippen LogP contribution < -0.4 is 10.6 Å². The third-order valence-corrected chi connectivity index (χ3v) is 7.29. The molecule has 0 aliphatic carbocycles. The van der Waals surface area contributed by atoms with Crippen molar-refractivity contribution < 1.29 is 45.8 Å². The summed E-state index contributed by atoms with van der Waals surface area (Å²) in [7, 11) is 0. The van der Waals surface area contributed by atoms with Crippen LogP contribution in [0.5, 0.6) is 0 Å². The summed E-state index contributed by atoms with van der Waals surface area (Å²) in [5.74, 6) is -2.43. The molecule has 13 heteroatoms. The van der Waals surface area contributed by atoms with Crippen LogP contribution >= 0.6 is 0 Å². The molecule has 4 rings (SSSR count). The monoisotopic (exact) mass is 623 g/mol. The van der Waals surface area contributed by atoms with E-state index in [1.165, 1.54) is 36.4 Å². The Labute approximate surface area is 249 Å². The second-order valence-corrected chi connectivity index (χ2v) is 10.6. The summed E-state index contributed by atoms with van der Waals surface area (Å²) in [6, 6.07) is 14.9. The average Bonchev–Trinajstić information content (AvgIpc) is 2.96. The lowest BCUT2D eigenvalue weighted by Gasteiger charge is -2.33. The molecule has 2 amide bonds. The number of benzene rings is 3. The van der Waals surface area contributed by atoms with Crippen LogP contribution in [0.4, 0.5) is 36.8 Å². The molecule has 3 aromatic carbocycles. The predicted molar refractivity (Wildman–Crippen MR) is 150 cm³/mol. The molecule has 0 unspecified atom stereocenters. The number of anilines is 1. The fraction of sp³-hybridized carbons (Fsp3) is 0.355. The van der Waals surface area contributed by atoms with Gasteiger partial charge in [0.1, 0.15) is 24.0 Å². The molecule has 1 saturated heterocycles. The van der Waals surface area contributed by atoms with Crippen molar-refractivity contribution in [1.82, 2.24) is 10.2 Å². The van der Waals surface area contributed by atoms with Crippen LogP contribution in [0, 0.1) is 17.5 Å². The lowest BCUT2D eigenvalue weighted by atomic mass is 9.88. The van der Waals surface area contributed by atoms with Crippen LogP contribution in [0.15, 0.2) is 66.7 Å². The number of carbonyl (C=O) groups is 2. The number of hydrogen-bond acceptors (Lipinski definition) is 4. The van der Waals surface area contributed by atoms with E-state index in [9.17, 15) is 35.9 Å². The molecule has 0 radical (unpaired) electrons. The maximum atomic E-state index is 14.9. The summed E-state index contributed by atoms with van der Waals surface area (Å²) in [6.07, 6.45) is -6.42. The van der Waals surface area contributed by atoms with Crippen LogP contribution in [0.1, 0.15) is 35.4 Å². The van der Waals surface area contributed by atoms with Gasteiger partial charge < -0.3 is 20.5 Å². The summed E-state index contributed by atoms with van der Waals surface area (Å²) in [6.45, 7) is -1.85. The summed E-state index contributed by atoms with van der Waals surface area (Å²) >= 11 is 0. The minimum Gasteiger partial charge on any atom is -0.465 e. The number of alkyl halides is 3. The normalized spacial score (nSPS) is 17.0. The highest BCUT2D eigenvalue weighted by atomic mass is 19.4. The van der Waals surface area contributed by atoms with Crippen LogP contribution in [0.2, 0.25) is 0 Å². The highest BCUT2D eigenvalue weighted by Gasteiger charge is 2.35. The Hall–Kier alpha value is -4.10. The third kappa shape index (κ3) is 9.45. The Kier molecular flexibility index (Phi) is 10.9. The first-order valence-electron chi connectivity index (χ1n) is 13.9. The van der Waals surface area contributed by atoms with Crippen LogP contribution in [0.25, 0.3) is 0 Å². The van der Waals surface area contributed by atoms with Gasteiger partial charge in [-0.2, -0.15) is 13.2 Å². The fourth-order valence-electron chi connectivity index (χ4n) is 5.10. The Morgan fingerprint density at radius 2 is 1.59 bits per heavy atom. The summed E-state index contributed by atoms with van der Waals surface area (Å²) in [5.41, 5.74) is 1.75. The second kappa shape index (κ2) is 14.6. The minimum absolute atomic E-state index is 0.0403. The molecule has 236 valence electrons. The van der Waals surface area contributed by atoms with Crippen molar-refractivity contribution in [3.63, 3.8) is 0 Å². The molecule has 44 heavy (non-hydrogen) atoms. The molecular weight excluding hydrogens is 592 g/mol. The molecule has 0 aromatic heterocycles. The van der Waals surface area contributed by atoms with Crippen LogP contribution in [-0.2, 0) is 16.0 Å². The van der Waals surface area contributed by atoms with Gasteiger partial charge in [0.2, 0.25) is 5.91 Å². The van der Waals surface area contributed by atoms with E-state index in [0.29, 0.717) is 17.5 Å². The van der Waals surface area contributed by atoms with Gasteiger partial charge in [0.25, 0.3) is 0 Å². The first kappa shape index (κ1) is 32.8. The van der Waals surface area contributed by atoms with Crippen molar-refractivity contribution >= 4 is 17.7 Å². The van der Waals surface area contributed by atoms with E-state index in [2.05, 4.69) is 10.6 Å². The molecule has 3 N–H and O–H groups in total. The first-order valence-corrected chi connectivity index (χ1v) is 13.9. The van der Waals surface area contributed by atoms with Crippen molar-refractivity contribution in [3.05, 3.63) is 101 Å². The molecular formula is C31H31F6N3O4. The Morgan fingerprint density at radius 1 is 0.977 bits per heavy atom. The Balaban J connectivity index is 1.37. The number of nitrogens with zero attached hydrogens (tertiary/aromatic N) is 1. The third-order valence-electron chi connectivity index (χ3n) is 7.29. The van der Waals surface area contributed by atoms with E-state index >= 15 is 0 Å². The molecule has 3 aromatic rings. The fourth-order valence-corrected chi connectivity index (χ4v) is 5.10. The molecule has 1 aliphatic rings. The standard InChI is InChI=1S/C31H31F6N3O4/c32-21-8-4-19(5-9-21)26(20-6-10-22(33)11-7-20)14-29(41)39-28-3-1-2-27(34)25(28)13-12-24-15-38-23(17-44-24)16-40(30(42)43)18-31(35,36)37/h1-11,23-24,26,38H,12-18H2,(H,39,41)(H,42,43)/t23-,24-/m1/s1. The first-order chi connectivity index (χ1) is 20.9. The number of carboxylic acid groups (broad SMARTS) is 1. The number of carbonyl (C=O) groups excluding carboxylic acids is 1. The topological polar surface area (TPSA) is 90.9 Å². The van der Waals surface area contributed by atoms with Gasteiger partial charge in [-0.3, -0.25) is 9.69 Å². The van der Waals surface area contributed by atoms with Crippen molar-refractivity contribution in [3.8, 4) is 0 Å². The van der Waals surface area contributed by atoms with E-state index in [1.807, 2.05) is 0 Å². The highest BCUT2D eigenvalue weighted by molar-refractivity contribution is 5.92. The largest absolute Gasteiger partial charge is 0.465 e. The Bertz CT molecular complexity index is 1370. The Morgan fingerprint density at radius 3 is 2.11 bits per heavy atom. The molecule has 0 saturated carbocycles. The van der Waals surface area contributed by atoms with E-state index in [0.717, 1.165) is 0 Å². The molecule has 7 nitrogen and oxygen atoms in total. The van der Waals surface area contributed by atoms with Crippen molar-refractivity contribution in [2.75, 3.05) is 31.6 Å². The van der Waals surface area contributed by atoms with E-state index < -0.39 is 66.8 Å². The van der Waals surface area contributed by atoms with Gasteiger partial charge >= 0.3 is 12.3 Å².